The van der Waals surface area contributed by atoms with Crippen LogP contribution in [0.15, 0.2) is 24.3 Å². The molecule has 0 saturated carbocycles. The summed E-state index contributed by atoms with van der Waals surface area (Å²) in [6.45, 7) is 3.35. The van der Waals surface area contributed by atoms with Crippen LogP contribution in [0.25, 0.3) is 0 Å². The summed E-state index contributed by atoms with van der Waals surface area (Å²) in [5, 5.41) is 25.0. The molecule has 1 unspecified atom stereocenters. The Morgan fingerprint density at radius 1 is 1.17 bits per heavy atom. The van der Waals surface area contributed by atoms with Gasteiger partial charge in [0, 0.05) is 32.7 Å². The molecule has 1 aromatic rings. The van der Waals surface area contributed by atoms with Crippen LogP contribution in [-0.4, -0.2) is 66.6 Å². The molecular formula is C17H27N3O4. The lowest BCUT2D eigenvalue weighted by molar-refractivity contribution is 0.106. The molecule has 1 heterocycles. The molecule has 0 bridgehead atoms. The highest BCUT2D eigenvalue weighted by Gasteiger charge is 2.15. The Bertz CT molecular complexity index is 489. The number of carbonyl (C=O) groups excluding carboxylic acids is 1. The molecule has 1 atom stereocenters. The number of aliphatic hydroxyl groups is 1. The molecule has 7 heteroatoms. The van der Waals surface area contributed by atoms with Gasteiger partial charge in [-0.1, -0.05) is 0 Å². The van der Waals surface area contributed by atoms with Crippen molar-refractivity contribution in [2.45, 2.75) is 25.4 Å². The van der Waals surface area contributed by atoms with Crippen molar-refractivity contribution in [1.29, 1.82) is 0 Å². The van der Waals surface area contributed by atoms with E-state index >= 15 is 0 Å². The normalized spacial score (nSPS) is 15.8. The highest BCUT2D eigenvalue weighted by atomic mass is 16.5. The highest BCUT2D eigenvalue weighted by Crippen LogP contribution is 2.15. The molecule has 0 spiro atoms. The van der Waals surface area contributed by atoms with Crippen molar-refractivity contribution in [2.75, 3.05) is 39.3 Å². The maximum Gasteiger partial charge on any atom is 0.317 e. The van der Waals surface area contributed by atoms with Gasteiger partial charge in [-0.05, 0) is 43.5 Å². The van der Waals surface area contributed by atoms with Crippen molar-refractivity contribution in [1.82, 2.24) is 15.5 Å². The summed E-state index contributed by atoms with van der Waals surface area (Å²) >= 11 is 0. The monoisotopic (exact) mass is 337 g/mol. The molecule has 0 aliphatic carbocycles. The third-order valence-corrected chi connectivity index (χ3v) is 3.88. The summed E-state index contributed by atoms with van der Waals surface area (Å²) in [4.78, 5) is 13.7. The average Bonchev–Trinajstić information content (AvgIpc) is 2.61. The third kappa shape index (κ3) is 6.64. The van der Waals surface area contributed by atoms with E-state index in [1.54, 1.807) is 12.1 Å². The van der Waals surface area contributed by atoms with Gasteiger partial charge in [0.1, 0.15) is 24.2 Å². The van der Waals surface area contributed by atoms with Gasteiger partial charge in [0.2, 0.25) is 0 Å². The maximum absolute atomic E-state index is 11.9. The van der Waals surface area contributed by atoms with Gasteiger partial charge in [0.15, 0.2) is 0 Å². The molecular weight excluding hydrogens is 310 g/mol. The van der Waals surface area contributed by atoms with E-state index in [0.29, 0.717) is 25.4 Å². The fraction of sp³-hybridized carbons (Fsp3) is 0.588. The van der Waals surface area contributed by atoms with E-state index in [0.717, 1.165) is 25.9 Å². The van der Waals surface area contributed by atoms with Crippen LogP contribution in [0.4, 0.5) is 4.79 Å². The Balaban J connectivity index is 1.50. The number of phenols is 1. The number of amides is 2. The second kappa shape index (κ2) is 10.00. The number of ether oxygens (including phenoxy) is 1. The van der Waals surface area contributed by atoms with Crippen molar-refractivity contribution >= 4 is 6.03 Å². The molecule has 134 valence electrons. The molecule has 1 aliphatic rings. The Labute approximate surface area is 142 Å². The minimum Gasteiger partial charge on any atom is -0.508 e. The molecule has 2 rings (SSSR count). The Morgan fingerprint density at radius 3 is 2.58 bits per heavy atom. The lowest BCUT2D eigenvalue weighted by atomic mass is 10.1. The number of urea groups is 1. The SMILES string of the molecule is O=C(NCCNCC(O)COc1ccc(O)cc1)N1CCCCC1. The van der Waals surface area contributed by atoms with Crippen molar-refractivity contribution < 1.29 is 19.7 Å². The van der Waals surface area contributed by atoms with E-state index in [1.807, 2.05) is 4.90 Å². The van der Waals surface area contributed by atoms with E-state index < -0.39 is 6.10 Å². The first-order chi connectivity index (χ1) is 11.6. The number of benzene rings is 1. The zero-order valence-electron chi connectivity index (χ0n) is 13.9. The van der Waals surface area contributed by atoms with Crippen molar-refractivity contribution in [3.05, 3.63) is 24.3 Å². The van der Waals surface area contributed by atoms with Crippen molar-refractivity contribution in [3.8, 4) is 11.5 Å². The zero-order valence-corrected chi connectivity index (χ0v) is 13.9. The topological polar surface area (TPSA) is 94.1 Å². The first kappa shape index (κ1) is 18.4. The number of carbonyl (C=O) groups is 1. The molecule has 1 aliphatic heterocycles. The van der Waals surface area contributed by atoms with Crippen molar-refractivity contribution in [2.24, 2.45) is 0 Å². The predicted octanol–water partition coefficient (Wildman–Crippen LogP) is 0.917. The van der Waals surface area contributed by atoms with Gasteiger partial charge in [0.25, 0.3) is 0 Å². The fourth-order valence-electron chi connectivity index (χ4n) is 2.53. The Hall–Kier alpha value is -1.99. The molecule has 1 fully saturated rings. The van der Waals surface area contributed by atoms with Crippen LogP contribution in [0.2, 0.25) is 0 Å². The van der Waals surface area contributed by atoms with Gasteiger partial charge in [0.05, 0.1) is 0 Å². The lowest BCUT2D eigenvalue weighted by Gasteiger charge is -2.26. The third-order valence-electron chi connectivity index (χ3n) is 3.88. The summed E-state index contributed by atoms with van der Waals surface area (Å²) in [7, 11) is 0. The van der Waals surface area contributed by atoms with Crippen LogP contribution in [0.5, 0.6) is 11.5 Å². The second-order valence-electron chi connectivity index (χ2n) is 5.94. The van der Waals surface area contributed by atoms with Crippen LogP contribution in [0.3, 0.4) is 0 Å². The molecule has 24 heavy (non-hydrogen) atoms. The van der Waals surface area contributed by atoms with Crippen molar-refractivity contribution in [3.63, 3.8) is 0 Å². The number of aliphatic hydroxyl groups excluding tert-OH is 1. The van der Waals surface area contributed by atoms with E-state index in [2.05, 4.69) is 10.6 Å². The molecule has 1 aromatic carbocycles. The van der Waals surface area contributed by atoms with Gasteiger partial charge >= 0.3 is 6.03 Å². The minimum atomic E-state index is -0.642. The number of phenolic OH excluding ortho intramolecular Hbond substituents is 1. The summed E-state index contributed by atoms with van der Waals surface area (Å²) in [5.74, 6) is 0.775. The van der Waals surface area contributed by atoms with E-state index in [1.165, 1.54) is 18.6 Å². The number of hydrogen-bond donors (Lipinski definition) is 4. The second-order valence-corrected chi connectivity index (χ2v) is 5.94. The largest absolute Gasteiger partial charge is 0.508 e. The molecule has 1 saturated heterocycles. The van der Waals surface area contributed by atoms with Crippen LogP contribution in [-0.2, 0) is 0 Å². The maximum atomic E-state index is 11.9. The Morgan fingerprint density at radius 2 is 1.88 bits per heavy atom. The molecule has 2 amide bonds. The summed E-state index contributed by atoms with van der Waals surface area (Å²) in [6, 6.07) is 6.35. The number of nitrogens with one attached hydrogen (secondary N) is 2. The van der Waals surface area contributed by atoms with Gasteiger partial charge in [-0.25, -0.2) is 4.79 Å². The molecule has 0 radical (unpaired) electrons. The average molecular weight is 337 g/mol. The number of nitrogens with zero attached hydrogens (tertiary/aromatic N) is 1. The standard InChI is InChI=1S/C17H27N3O4/c21-14-4-6-16(7-5-14)24-13-15(22)12-18-8-9-19-17(23)20-10-2-1-3-11-20/h4-7,15,18,21-22H,1-3,8-13H2,(H,19,23). The molecule has 0 aromatic heterocycles. The highest BCUT2D eigenvalue weighted by molar-refractivity contribution is 5.74. The summed E-state index contributed by atoms with van der Waals surface area (Å²) < 4.78 is 5.42. The number of piperidine rings is 1. The smallest absolute Gasteiger partial charge is 0.317 e. The van der Waals surface area contributed by atoms with Crippen LogP contribution in [0, 0.1) is 0 Å². The zero-order chi connectivity index (χ0) is 17.2. The molecule has 7 nitrogen and oxygen atoms in total. The van der Waals surface area contributed by atoms with E-state index in [4.69, 9.17) is 4.74 Å². The van der Waals surface area contributed by atoms with Crippen LogP contribution < -0.4 is 15.4 Å². The molecule has 4 N–H and O–H groups in total. The quantitative estimate of drug-likeness (QED) is 0.529. The van der Waals surface area contributed by atoms with E-state index in [9.17, 15) is 15.0 Å². The van der Waals surface area contributed by atoms with Gasteiger partial charge < -0.3 is 30.5 Å². The predicted molar refractivity (Wildman–Crippen MR) is 91.3 cm³/mol. The number of aromatic hydroxyl groups is 1. The Kier molecular flexibility index (Phi) is 7.64. The van der Waals surface area contributed by atoms with Crippen LogP contribution >= 0.6 is 0 Å². The van der Waals surface area contributed by atoms with Crippen LogP contribution in [0.1, 0.15) is 19.3 Å². The van der Waals surface area contributed by atoms with E-state index in [-0.39, 0.29) is 18.4 Å². The first-order valence-corrected chi connectivity index (χ1v) is 8.48. The summed E-state index contributed by atoms with van der Waals surface area (Å²) in [5.41, 5.74) is 0. The lowest BCUT2D eigenvalue weighted by Crippen LogP contribution is -2.45. The first-order valence-electron chi connectivity index (χ1n) is 8.48. The van der Waals surface area contributed by atoms with Gasteiger partial charge in [-0.3, -0.25) is 0 Å². The summed E-state index contributed by atoms with van der Waals surface area (Å²) in [6.07, 6.45) is 2.73. The minimum absolute atomic E-state index is 0.00675. The van der Waals surface area contributed by atoms with Gasteiger partial charge in [-0.15, -0.1) is 0 Å². The number of hydrogen-bond acceptors (Lipinski definition) is 5. The number of rotatable bonds is 8. The number of likely N-dealkylation sites (tertiary alicyclic amines) is 1. The fourth-order valence-corrected chi connectivity index (χ4v) is 2.53. The van der Waals surface area contributed by atoms with Gasteiger partial charge in [-0.2, -0.15) is 0 Å².